The highest BCUT2D eigenvalue weighted by Gasteiger charge is 2.36. The summed E-state index contributed by atoms with van der Waals surface area (Å²) < 4.78 is 0. The van der Waals surface area contributed by atoms with Crippen molar-refractivity contribution in [1.29, 1.82) is 0 Å². The average Bonchev–Trinajstić information content (AvgIpc) is 2.28. The lowest BCUT2D eigenvalue weighted by atomic mass is 9.78. The van der Waals surface area contributed by atoms with Crippen LogP contribution in [0.5, 0.6) is 0 Å². The summed E-state index contributed by atoms with van der Waals surface area (Å²) in [6.07, 6.45) is 0.850. The predicted octanol–water partition coefficient (Wildman–Crippen LogP) is 0.200. The smallest absolute Gasteiger partial charge is 0.0703 e. The van der Waals surface area contributed by atoms with E-state index in [0.29, 0.717) is 5.92 Å². The van der Waals surface area contributed by atoms with Crippen LogP contribution in [0.3, 0.4) is 0 Å². The highest BCUT2D eigenvalue weighted by molar-refractivity contribution is 6.12. The van der Waals surface area contributed by atoms with E-state index in [4.69, 9.17) is 18.1 Å². The average molecular weight is 154 g/mol. The fourth-order valence-electron chi connectivity index (χ4n) is 2.01. The van der Waals surface area contributed by atoms with Crippen LogP contribution in [-0.2, 0) is 0 Å². The Hall–Kier alpha value is -0.0151. The second-order valence-electron chi connectivity index (χ2n) is 3.55. The van der Waals surface area contributed by atoms with Crippen LogP contribution in [0.4, 0.5) is 0 Å². The summed E-state index contributed by atoms with van der Waals surface area (Å²) in [6, 6.07) is 0. The van der Waals surface area contributed by atoms with Crippen LogP contribution < -0.4 is 0 Å². The molecule has 0 saturated heterocycles. The first kappa shape index (κ1) is 9.08. The topological polar surface area (TPSA) is 40.5 Å². The van der Waals surface area contributed by atoms with Crippen molar-refractivity contribution in [3.05, 3.63) is 0 Å². The Morgan fingerprint density at radius 2 is 2.00 bits per heavy atom. The van der Waals surface area contributed by atoms with E-state index in [1.54, 1.807) is 0 Å². The Morgan fingerprint density at radius 1 is 1.36 bits per heavy atom. The van der Waals surface area contributed by atoms with Gasteiger partial charge >= 0.3 is 0 Å². The Morgan fingerprint density at radius 3 is 2.36 bits per heavy atom. The summed E-state index contributed by atoms with van der Waals surface area (Å²) in [4.78, 5) is 0. The molecule has 1 aliphatic carbocycles. The number of hydrogen-bond donors (Lipinski definition) is 2. The molecule has 0 aromatic rings. The molecule has 1 saturated carbocycles. The van der Waals surface area contributed by atoms with E-state index >= 15 is 0 Å². The van der Waals surface area contributed by atoms with E-state index in [2.05, 4.69) is 0 Å². The van der Waals surface area contributed by atoms with Crippen LogP contribution in [0, 0.1) is 17.8 Å². The van der Waals surface area contributed by atoms with E-state index in [0.717, 1.165) is 6.42 Å². The summed E-state index contributed by atoms with van der Waals surface area (Å²) in [5, 5.41) is 17.9. The van der Waals surface area contributed by atoms with E-state index in [-0.39, 0.29) is 30.9 Å². The predicted molar refractivity (Wildman–Crippen MR) is 44.4 cm³/mol. The van der Waals surface area contributed by atoms with Gasteiger partial charge in [0.25, 0.3) is 0 Å². The molecule has 0 aromatic carbocycles. The van der Waals surface area contributed by atoms with Crippen molar-refractivity contribution in [2.24, 2.45) is 17.8 Å². The Kier molecular flexibility index (Phi) is 2.96. The van der Waals surface area contributed by atoms with Crippen LogP contribution in [-0.4, -0.2) is 31.3 Å². The number of aliphatic hydroxyl groups is 2. The molecule has 2 N–H and O–H groups in total. The van der Waals surface area contributed by atoms with Gasteiger partial charge in [0.2, 0.25) is 0 Å². The standard InChI is InChI=1S/C8H15BO2/c1-5-7(4-11)6(3-10)2-8(5)9/h5-8,10-11H,2-4H2,1H3/t5?,6-,7+,8-/m1/s1. The minimum atomic E-state index is 0.153. The number of aliphatic hydroxyl groups excluding tert-OH is 2. The lowest BCUT2D eigenvalue weighted by molar-refractivity contribution is 0.122. The van der Waals surface area contributed by atoms with Gasteiger partial charge in [0, 0.05) is 13.2 Å². The molecular weight excluding hydrogens is 139 g/mol. The van der Waals surface area contributed by atoms with Crippen molar-refractivity contribution >= 4 is 7.85 Å². The molecule has 1 aliphatic rings. The maximum Gasteiger partial charge on any atom is 0.0703 e. The van der Waals surface area contributed by atoms with Crippen LogP contribution in [0.1, 0.15) is 13.3 Å². The molecule has 11 heavy (non-hydrogen) atoms. The summed E-state index contributed by atoms with van der Waals surface area (Å²) >= 11 is 0. The molecule has 0 spiro atoms. The zero-order valence-corrected chi connectivity index (χ0v) is 6.90. The molecule has 0 bridgehead atoms. The third-order valence-corrected chi connectivity index (χ3v) is 2.98. The molecule has 2 nitrogen and oxygen atoms in total. The summed E-state index contributed by atoms with van der Waals surface area (Å²) in [5.41, 5.74) is 0. The highest BCUT2D eigenvalue weighted by atomic mass is 16.3. The largest absolute Gasteiger partial charge is 0.396 e. The quantitative estimate of drug-likeness (QED) is 0.557. The van der Waals surface area contributed by atoms with Gasteiger partial charge in [-0.25, -0.2) is 0 Å². The van der Waals surface area contributed by atoms with Crippen LogP contribution in [0.15, 0.2) is 0 Å². The van der Waals surface area contributed by atoms with E-state index in [1.165, 1.54) is 0 Å². The van der Waals surface area contributed by atoms with Crippen LogP contribution in [0.2, 0.25) is 5.82 Å². The maximum absolute atomic E-state index is 8.99. The van der Waals surface area contributed by atoms with E-state index in [1.807, 2.05) is 6.92 Å². The molecule has 3 heteroatoms. The fourth-order valence-corrected chi connectivity index (χ4v) is 2.01. The lowest BCUT2D eigenvalue weighted by Gasteiger charge is -2.18. The third-order valence-electron chi connectivity index (χ3n) is 2.98. The normalized spacial score (nSPS) is 44.6. The Balaban J connectivity index is 2.57. The van der Waals surface area contributed by atoms with Gasteiger partial charge in [0.15, 0.2) is 0 Å². The summed E-state index contributed by atoms with van der Waals surface area (Å²) in [7, 11) is 5.79. The molecule has 2 radical (unpaired) electrons. The second kappa shape index (κ2) is 3.59. The Bertz CT molecular complexity index is 129. The van der Waals surface area contributed by atoms with Crippen LogP contribution >= 0.6 is 0 Å². The van der Waals surface area contributed by atoms with Gasteiger partial charge in [-0.2, -0.15) is 0 Å². The lowest BCUT2D eigenvalue weighted by Crippen LogP contribution is -2.20. The molecule has 0 aliphatic heterocycles. The molecule has 1 fully saturated rings. The van der Waals surface area contributed by atoms with E-state index < -0.39 is 0 Å². The summed E-state index contributed by atoms with van der Waals surface area (Å²) in [6.45, 7) is 2.35. The van der Waals surface area contributed by atoms with Gasteiger partial charge in [-0.3, -0.25) is 0 Å². The monoisotopic (exact) mass is 154 g/mol. The molecule has 0 aromatic heterocycles. The van der Waals surface area contributed by atoms with Gasteiger partial charge in [-0.05, 0) is 17.8 Å². The van der Waals surface area contributed by atoms with E-state index in [9.17, 15) is 0 Å². The molecule has 1 rings (SSSR count). The first-order valence-electron chi connectivity index (χ1n) is 4.18. The van der Waals surface area contributed by atoms with Crippen molar-refractivity contribution in [2.45, 2.75) is 19.2 Å². The molecular formula is C8H15BO2. The first-order valence-corrected chi connectivity index (χ1v) is 4.18. The number of hydrogen-bond acceptors (Lipinski definition) is 2. The minimum Gasteiger partial charge on any atom is -0.396 e. The SMILES string of the molecule is [B][C@@H]1C[C@H](CO)[C@@H](CO)C1C. The molecule has 0 heterocycles. The summed E-state index contributed by atoms with van der Waals surface area (Å²) in [5.74, 6) is 0.918. The zero-order valence-electron chi connectivity index (χ0n) is 6.90. The highest BCUT2D eigenvalue weighted by Crippen LogP contribution is 2.42. The molecule has 62 valence electrons. The van der Waals surface area contributed by atoms with Crippen molar-refractivity contribution < 1.29 is 10.2 Å². The van der Waals surface area contributed by atoms with Gasteiger partial charge in [0.05, 0.1) is 7.85 Å². The number of rotatable bonds is 2. The van der Waals surface area contributed by atoms with Crippen molar-refractivity contribution in [1.82, 2.24) is 0 Å². The molecule has 1 unspecified atom stereocenters. The van der Waals surface area contributed by atoms with Crippen molar-refractivity contribution in [3.8, 4) is 0 Å². The Labute approximate surface area is 69.0 Å². The maximum atomic E-state index is 8.99. The fraction of sp³-hybridized carbons (Fsp3) is 1.00. The van der Waals surface area contributed by atoms with Gasteiger partial charge in [-0.15, -0.1) is 0 Å². The van der Waals surface area contributed by atoms with Crippen molar-refractivity contribution in [3.63, 3.8) is 0 Å². The second-order valence-corrected chi connectivity index (χ2v) is 3.55. The molecule has 4 atom stereocenters. The van der Waals surface area contributed by atoms with Crippen LogP contribution in [0.25, 0.3) is 0 Å². The van der Waals surface area contributed by atoms with Gasteiger partial charge in [0.1, 0.15) is 0 Å². The zero-order chi connectivity index (χ0) is 8.43. The minimum absolute atomic E-state index is 0.153. The first-order chi connectivity index (χ1) is 5.20. The van der Waals surface area contributed by atoms with Gasteiger partial charge < -0.3 is 10.2 Å². The third kappa shape index (κ3) is 1.59. The van der Waals surface area contributed by atoms with Gasteiger partial charge in [-0.1, -0.05) is 19.2 Å². The van der Waals surface area contributed by atoms with Crippen molar-refractivity contribution in [2.75, 3.05) is 13.2 Å². The molecule has 0 amide bonds.